The summed E-state index contributed by atoms with van der Waals surface area (Å²) in [5, 5.41) is 58.2. The second kappa shape index (κ2) is 17.9. The number of Topliss-reactive ketones (excluding diaryl/α,β-unsaturated/α-hetero) is 1. The van der Waals surface area contributed by atoms with Crippen LogP contribution in [0.15, 0.2) is 42.2 Å². The summed E-state index contributed by atoms with van der Waals surface area (Å²) in [5.41, 5.74) is 7.15. The third-order valence-electron chi connectivity index (χ3n) is 10.6. The standard InChI is InChI=1S/C37H47NO12.C3H6N2O2/c1-16-11-10-12-17(2)36(46)38-23-15-24(40)26-27(32(23)44)31(43)21(6)34-28(26)35(45)37(8,50-34)48-14-13-25(47-9)18(3)33(49-22(7)39)20(5)30(42)19(4)29(16)41;4-2-1-7-5-3(2)6/h10-16,18-20,25,29-30,33,40-44H,1-9H3,(H,38,46);2H,1,4H2,(H,5,6)/b11-10+,14-13+,17-12-;/t16-,18-,19-,20-,25+,29+,30-,33-,37+;2-/m11/s1. The lowest BCUT2D eigenvalue weighted by molar-refractivity contribution is -0.160. The average Bonchev–Trinajstić information content (AvgIpc) is 3.67. The van der Waals surface area contributed by atoms with Gasteiger partial charge in [0.1, 0.15) is 29.4 Å². The first-order valence-corrected chi connectivity index (χ1v) is 18.4. The highest BCUT2D eigenvalue weighted by Crippen LogP contribution is 2.53. The molecule has 0 saturated carbocycles. The van der Waals surface area contributed by atoms with Gasteiger partial charge >= 0.3 is 11.8 Å². The highest BCUT2D eigenvalue weighted by molar-refractivity contribution is 6.21. The molecule has 0 radical (unpaired) electrons. The van der Waals surface area contributed by atoms with E-state index in [0.29, 0.717) is 6.61 Å². The largest absolute Gasteiger partial charge is 0.507 e. The van der Waals surface area contributed by atoms with Crippen molar-refractivity contribution in [3.05, 3.63) is 53.3 Å². The second-order valence-electron chi connectivity index (χ2n) is 14.8. The maximum absolute atomic E-state index is 13.9. The molecule has 10 atom stereocenters. The lowest BCUT2D eigenvalue weighted by Gasteiger charge is -2.38. The Labute approximate surface area is 330 Å². The van der Waals surface area contributed by atoms with Crippen LogP contribution in [0, 0.1) is 30.6 Å². The van der Waals surface area contributed by atoms with Gasteiger partial charge in [0.05, 0.1) is 47.8 Å². The van der Waals surface area contributed by atoms with E-state index < -0.39 is 94.8 Å². The van der Waals surface area contributed by atoms with Crippen molar-refractivity contribution < 1.29 is 68.5 Å². The number of phenolic OH excluding ortho intramolecular Hbond substituents is 3. The van der Waals surface area contributed by atoms with Gasteiger partial charge in [-0.25, -0.2) is 5.48 Å². The van der Waals surface area contributed by atoms with Crippen LogP contribution in [0.5, 0.6) is 23.0 Å². The second-order valence-corrected chi connectivity index (χ2v) is 14.8. The number of anilines is 1. The van der Waals surface area contributed by atoms with Crippen molar-refractivity contribution in [3.63, 3.8) is 0 Å². The summed E-state index contributed by atoms with van der Waals surface area (Å²) in [5.74, 6) is -8.22. The van der Waals surface area contributed by atoms with Crippen LogP contribution in [-0.4, -0.2) is 99.1 Å². The monoisotopic (exact) mass is 799 g/mol. The fourth-order valence-electron chi connectivity index (χ4n) is 7.00. The zero-order chi connectivity index (χ0) is 42.7. The maximum atomic E-state index is 13.9. The molecular formula is C40H53N3O14. The fraction of sp³-hybridized carbons (Fsp3) is 0.500. The predicted molar refractivity (Wildman–Crippen MR) is 206 cm³/mol. The van der Waals surface area contributed by atoms with Crippen molar-refractivity contribution >= 4 is 40.0 Å². The van der Waals surface area contributed by atoms with Crippen molar-refractivity contribution in [2.45, 2.75) is 91.6 Å². The van der Waals surface area contributed by atoms with Gasteiger partial charge in [0, 0.05) is 67.2 Å². The van der Waals surface area contributed by atoms with E-state index in [0.717, 1.165) is 6.07 Å². The molecule has 4 aliphatic heterocycles. The van der Waals surface area contributed by atoms with Gasteiger partial charge in [-0.1, -0.05) is 45.9 Å². The number of carbonyl (C=O) groups excluding carboxylic acids is 4. The van der Waals surface area contributed by atoms with Crippen LogP contribution >= 0.6 is 0 Å². The van der Waals surface area contributed by atoms with E-state index in [2.05, 4.69) is 15.6 Å². The highest BCUT2D eigenvalue weighted by Gasteiger charge is 2.49. The number of aliphatic hydroxyl groups excluding tert-OH is 2. The predicted octanol–water partition coefficient (Wildman–Crippen LogP) is 3.13. The molecule has 312 valence electrons. The van der Waals surface area contributed by atoms with E-state index >= 15 is 0 Å². The van der Waals surface area contributed by atoms with Crippen molar-refractivity contribution in [2.75, 3.05) is 19.0 Å². The van der Waals surface area contributed by atoms with Gasteiger partial charge < -0.3 is 55.5 Å². The van der Waals surface area contributed by atoms with Gasteiger partial charge in [-0.05, 0) is 19.9 Å². The third-order valence-corrected chi connectivity index (χ3v) is 10.6. The number of hydrogen-bond donors (Lipinski definition) is 8. The normalized spacial score (nSPS) is 32.9. The van der Waals surface area contributed by atoms with E-state index in [1.54, 1.807) is 39.8 Å². The fourth-order valence-corrected chi connectivity index (χ4v) is 7.00. The first-order chi connectivity index (χ1) is 26.7. The number of ether oxygens (including phenoxy) is 4. The molecule has 1 fully saturated rings. The Balaban J connectivity index is 0.000000925. The lowest BCUT2D eigenvalue weighted by atomic mass is 9.78. The molecule has 57 heavy (non-hydrogen) atoms. The summed E-state index contributed by atoms with van der Waals surface area (Å²) >= 11 is 0. The number of allylic oxidation sites excluding steroid dienone is 2. The number of ketones is 1. The first kappa shape index (κ1) is 44.5. The van der Waals surface area contributed by atoms with Gasteiger partial charge in [-0.15, -0.1) is 0 Å². The maximum Gasteiger partial charge on any atom is 0.312 e. The molecule has 0 aliphatic carbocycles. The molecule has 6 rings (SSSR count). The minimum atomic E-state index is -1.98. The summed E-state index contributed by atoms with van der Waals surface area (Å²) in [6.45, 7) is 12.8. The quantitative estimate of drug-likeness (QED) is 0.123. The molecular weight excluding hydrogens is 746 g/mol. The molecule has 0 spiro atoms. The number of nitrogens with one attached hydrogen (secondary N) is 2. The molecule has 0 aromatic heterocycles. The SMILES string of the molecule is CO[C@H]1/C=C/O[C@@]2(C)Oc3c(C)c(O)c4c(O)c(cc(O)c4c3C2=O)NC(=O)/C(C)=C\C=C\[C@@H](C)[C@H](O)[C@@H](C)[C@@H](O)[C@@H](C)[C@H](OC(C)=O)[C@@H]1C.N[C@@H]1CONC1=O. The number of carbonyl (C=O) groups is 4. The van der Waals surface area contributed by atoms with Crippen LogP contribution in [-0.2, 0) is 33.4 Å². The number of methoxy groups -OCH3 is 1. The molecule has 9 N–H and O–H groups in total. The topological polar surface area (TPSA) is 266 Å². The summed E-state index contributed by atoms with van der Waals surface area (Å²) in [7, 11) is 1.43. The summed E-state index contributed by atoms with van der Waals surface area (Å²) in [6, 6.07) is 0.603. The first-order valence-electron chi connectivity index (χ1n) is 18.4. The summed E-state index contributed by atoms with van der Waals surface area (Å²) < 4.78 is 23.2. The Bertz CT molecular complexity index is 1980. The molecule has 17 nitrogen and oxygen atoms in total. The van der Waals surface area contributed by atoms with Crippen LogP contribution in [0.1, 0.15) is 64.4 Å². The Morgan fingerprint density at radius 2 is 1.63 bits per heavy atom. The molecule has 2 aromatic rings. The molecule has 0 unspecified atom stereocenters. The molecule has 5 bridgehead atoms. The number of nitrogens with two attached hydrogens (primary N) is 1. The number of fused-ring (bicyclic) bond motifs is 14. The smallest absolute Gasteiger partial charge is 0.312 e. The van der Waals surface area contributed by atoms with E-state index in [1.807, 2.05) is 0 Å². The minimum absolute atomic E-state index is 0.0709. The Morgan fingerprint density at radius 1 is 0.965 bits per heavy atom. The van der Waals surface area contributed by atoms with Crippen LogP contribution in [0.3, 0.4) is 0 Å². The number of aromatic hydroxyl groups is 3. The minimum Gasteiger partial charge on any atom is -0.507 e. The van der Waals surface area contributed by atoms with E-state index in [-0.39, 0.29) is 44.8 Å². The molecule has 2 amide bonds. The number of aliphatic hydroxyl groups is 2. The van der Waals surface area contributed by atoms with Gasteiger partial charge in [-0.3, -0.25) is 24.0 Å². The number of hydrogen-bond acceptors (Lipinski definition) is 15. The summed E-state index contributed by atoms with van der Waals surface area (Å²) in [6.07, 6.45) is 3.62. The van der Waals surface area contributed by atoms with E-state index in [1.165, 1.54) is 53.2 Å². The zero-order valence-electron chi connectivity index (χ0n) is 33.4. The third kappa shape index (κ3) is 9.18. The Hall–Kier alpha value is -5.20. The number of benzene rings is 2. The number of esters is 1. The van der Waals surface area contributed by atoms with Crippen LogP contribution in [0.2, 0.25) is 0 Å². The number of hydroxylamine groups is 1. The van der Waals surface area contributed by atoms with Gasteiger partial charge in [0.15, 0.2) is 5.75 Å². The molecule has 2 aromatic carbocycles. The van der Waals surface area contributed by atoms with Gasteiger partial charge in [0.2, 0.25) is 0 Å². The highest BCUT2D eigenvalue weighted by atomic mass is 16.7. The van der Waals surface area contributed by atoms with Crippen molar-refractivity contribution in [3.8, 4) is 23.0 Å². The zero-order valence-corrected chi connectivity index (χ0v) is 33.4. The van der Waals surface area contributed by atoms with E-state index in [4.69, 9.17) is 24.7 Å². The van der Waals surface area contributed by atoms with Gasteiger partial charge in [0.25, 0.3) is 17.6 Å². The lowest BCUT2D eigenvalue weighted by Crippen LogP contribution is -2.46. The number of phenols is 3. The Kier molecular flexibility index (Phi) is 14.0. The van der Waals surface area contributed by atoms with E-state index in [9.17, 15) is 44.7 Å². The molecule has 4 aliphatic rings. The van der Waals surface area contributed by atoms with Crippen molar-refractivity contribution in [1.82, 2.24) is 5.48 Å². The summed E-state index contributed by atoms with van der Waals surface area (Å²) in [4.78, 5) is 53.9. The molecule has 1 saturated heterocycles. The number of rotatable bonds is 2. The number of amides is 2. The van der Waals surface area contributed by atoms with Crippen LogP contribution < -0.4 is 21.3 Å². The van der Waals surface area contributed by atoms with Gasteiger partial charge in [-0.2, -0.15) is 0 Å². The van der Waals surface area contributed by atoms with Crippen LogP contribution in [0.4, 0.5) is 5.69 Å². The molecule has 4 heterocycles. The average molecular weight is 800 g/mol. The van der Waals surface area contributed by atoms with Crippen molar-refractivity contribution in [2.24, 2.45) is 29.4 Å². The van der Waals surface area contributed by atoms with Crippen molar-refractivity contribution in [1.29, 1.82) is 0 Å². The van der Waals surface area contributed by atoms with Crippen LogP contribution in [0.25, 0.3) is 10.8 Å². The Morgan fingerprint density at radius 3 is 2.19 bits per heavy atom. The molecule has 17 heteroatoms.